The SMILES string of the molecule is CC1(C)CC(NC(=O)[C@@H]2CCCNC2)CCO1. The minimum absolute atomic E-state index is 0.0962. The molecule has 4 nitrogen and oxygen atoms in total. The van der Waals surface area contributed by atoms with E-state index in [0.717, 1.165) is 45.4 Å². The Morgan fingerprint density at radius 3 is 2.88 bits per heavy atom. The van der Waals surface area contributed by atoms with Crippen LogP contribution in [0, 0.1) is 5.92 Å². The van der Waals surface area contributed by atoms with Gasteiger partial charge in [0.1, 0.15) is 0 Å². The lowest BCUT2D eigenvalue weighted by Crippen LogP contribution is -2.49. The second-order valence-corrected chi connectivity index (χ2v) is 5.85. The minimum Gasteiger partial charge on any atom is -0.375 e. The average Bonchev–Trinajstić information content (AvgIpc) is 2.29. The average molecular weight is 240 g/mol. The van der Waals surface area contributed by atoms with E-state index in [4.69, 9.17) is 4.74 Å². The summed E-state index contributed by atoms with van der Waals surface area (Å²) >= 11 is 0. The molecule has 4 heteroatoms. The van der Waals surface area contributed by atoms with Crippen LogP contribution in [0.25, 0.3) is 0 Å². The predicted molar refractivity (Wildman–Crippen MR) is 66.8 cm³/mol. The first-order chi connectivity index (χ1) is 8.07. The maximum atomic E-state index is 12.1. The largest absolute Gasteiger partial charge is 0.375 e. The van der Waals surface area contributed by atoms with Gasteiger partial charge in [-0.05, 0) is 46.1 Å². The number of ether oxygens (including phenoxy) is 1. The van der Waals surface area contributed by atoms with E-state index in [-0.39, 0.29) is 23.5 Å². The van der Waals surface area contributed by atoms with Gasteiger partial charge >= 0.3 is 0 Å². The molecule has 98 valence electrons. The molecule has 1 amide bonds. The number of hydrogen-bond donors (Lipinski definition) is 2. The molecule has 2 saturated heterocycles. The summed E-state index contributed by atoms with van der Waals surface area (Å²) < 4.78 is 5.66. The monoisotopic (exact) mass is 240 g/mol. The summed E-state index contributed by atoms with van der Waals surface area (Å²) in [6.45, 7) is 6.81. The number of nitrogens with one attached hydrogen (secondary N) is 2. The van der Waals surface area contributed by atoms with Gasteiger partial charge in [-0.15, -0.1) is 0 Å². The van der Waals surface area contributed by atoms with Crippen molar-refractivity contribution in [3.05, 3.63) is 0 Å². The third-order valence-electron chi connectivity index (χ3n) is 3.71. The highest BCUT2D eigenvalue weighted by atomic mass is 16.5. The van der Waals surface area contributed by atoms with E-state index in [1.54, 1.807) is 0 Å². The van der Waals surface area contributed by atoms with Gasteiger partial charge in [-0.2, -0.15) is 0 Å². The summed E-state index contributed by atoms with van der Waals surface area (Å²) in [6.07, 6.45) is 3.98. The molecule has 2 aliphatic rings. The quantitative estimate of drug-likeness (QED) is 0.759. The normalized spacial score (nSPS) is 33.1. The van der Waals surface area contributed by atoms with Gasteiger partial charge in [0.15, 0.2) is 0 Å². The molecule has 2 fully saturated rings. The first-order valence-corrected chi connectivity index (χ1v) is 6.72. The zero-order valence-electron chi connectivity index (χ0n) is 10.9. The van der Waals surface area contributed by atoms with Crippen molar-refractivity contribution in [2.75, 3.05) is 19.7 Å². The van der Waals surface area contributed by atoms with E-state index in [2.05, 4.69) is 24.5 Å². The van der Waals surface area contributed by atoms with E-state index in [1.165, 1.54) is 0 Å². The van der Waals surface area contributed by atoms with Gasteiger partial charge in [-0.3, -0.25) is 4.79 Å². The number of rotatable bonds is 2. The molecule has 0 bridgehead atoms. The fraction of sp³-hybridized carbons (Fsp3) is 0.923. The summed E-state index contributed by atoms with van der Waals surface area (Å²) in [6, 6.07) is 0.285. The maximum Gasteiger partial charge on any atom is 0.224 e. The molecule has 0 radical (unpaired) electrons. The topological polar surface area (TPSA) is 50.4 Å². The number of carbonyl (C=O) groups excluding carboxylic acids is 1. The second-order valence-electron chi connectivity index (χ2n) is 5.85. The molecule has 0 aromatic rings. The molecule has 0 aromatic carbocycles. The number of amides is 1. The Morgan fingerprint density at radius 1 is 1.41 bits per heavy atom. The fourth-order valence-electron chi connectivity index (χ4n) is 2.75. The summed E-state index contributed by atoms with van der Waals surface area (Å²) in [5, 5.41) is 6.47. The predicted octanol–water partition coefficient (Wildman–Crippen LogP) is 1.06. The molecule has 2 rings (SSSR count). The minimum atomic E-state index is -0.0962. The maximum absolute atomic E-state index is 12.1. The van der Waals surface area contributed by atoms with Crippen LogP contribution in [0.1, 0.15) is 39.5 Å². The van der Waals surface area contributed by atoms with Crippen molar-refractivity contribution in [3.63, 3.8) is 0 Å². The molecular formula is C13H24N2O2. The molecule has 2 N–H and O–H groups in total. The van der Waals surface area contributed by atoms with Crippen LogP contribution >= 0.6 is 0 Å². The summed E-state index contributed by atoms with van der Waals surface area (Å²) in [5.41, 5.74) is -0.0962. The van der Waals surface area contributed by atoms with Crippen LogP contribution in [-0.4, -0.2) is 37.2 Å². The van der Waals surface area contributed by atoms with Crippen LogP contribution in [0.3, 0.4) is 0 Å². The van der Waals surface area contributed by atoms with Crippen molar-refractivity contribution in [2.24, 2.45) is 5.92 Å². The first-order valence-electron chi connectivity index (χ1n) is 6.72. The number of hydrogen-bond acceptors (Lipinski definition) is 3. The molecule has 0 aromatic heterocycles. The van der Waals surface area contributed by atoms with Gasteiger partial charge in [0.05, 0.1) is 11.5 Å². The molecule has 2 aliphatic heterocycles. The Morgan fingerprint density at radius 2 is 2.24 bits per heavy atom. The smallest absolute Gasteiger partial charge is 0.224 e. The Hall–Kier alpha value is -0.610. The van der Waals surface area contributed by atoms with Crippen molar-refractivity contribution in [1.29, 1.82) is 0 Å². The number of piperidine rings is 1. The molecule has 2 atom stereocenters. The molecule has 1 unspecified atom stereocenters. The van der Waals surface area contributed by atoms with E-state index < -0.39 is 0 Å². The zero-order chi connectivity index (χ0) is 12.3. The van der Waals surface area contributed by atoms with Crippen LogP contribution in [-0.2, 0) is 9.53 Å². The molecular weight excluding hydrogens is 216 g/mol. The second kappa shape index (κ2) is 5.36. The lowest BCUT2D eigenvalue weighted by atomic mass is 9.92. The molecule has 0 aliphatic carbocycles. The Balaban J connectivity index is 1.81. The van der Waals surface area contributed by atoms with Crippen molar-refractivity contribution in [2.45, 2.75) is 51.2 Å². The molecule has 0 saturated carbocycles. The molecule has 2 heterocycles. The van der Waals surface area contributed by atoms with E-state index in [0.29, 0.717) is 0 Å². The van der Waals surface area contributed by atoms with Gasteiger partial charge in [0.2, 0.25) is 5.91 Å². The zero-order valence-corrected chi connectivity index (χ0v) is 10.9. The highest BCUT2D eigenvalue weighted by Crippen LogP contribution is 2.24. The highest BCUT2D eigenvalue weighted by Gasteiger charge is 2.31. The van der Waals surface area contributed by atoms with Gasteiger partial charge in [0.25, 0.3) is 0 Å². The lowest BCUT2D eigenvalue weighted by Gasteiger charge is -2.36. The highest BCUT2D eigenvalue weighted by molar-refractivity contribution is 5.79. The van der Waals surface area contributed by atoms with Crippen molar-refractivity contribution >= 4 is 5.91 Å². The Bertz CT molecular complexity index is 273. The van der Waals surface area contributed by atoms with Crippen molar-refractivity contribution in [3.8, 4) is 0 Å². The van der Waals surface area contributed by atoms with Gasteiger partial charge in [-0.1, -0.05) is 0 Å². The van der Waals surface area contributed by atoms with E-state index in [9.17, 15) is 4.79 Å². The summed E-state index contributed by atoms with van der Waals surface area (Å²) in [5.74, 6) is 0.384. The van der Waals surface area contributed by atoms with E-state index >= 15 is 0 Å². The van der Waals surface area contributed by atoms with Crippen LogP contribution in [0.5, 0.6) is 0 Å². The Labute approximate surface area is 103 Å². The lowest BCUT2D eigenvalue weighted by molar-refractivity contribution is -0.128. The standard InChI is InChI=1S/C13H24N2O2/c1-13(2)8-11(5-7-17-13)15-12(16)10-4-3-6-14-9-10/h10-11,14H,3-9H2,1-2H3,(H,15,16)/t10-,11?/m1/s1. The summed E-state index contributed by atoms with van der Waals surface area (Å²) in [7, 11) is 0. The van der Waals surface area contributed by atoms with Crippen LogP contribution in [0.15, 0.2) is 0 Å². The molecule has 17 heavy (non-hydrogen) atoms. The first kappa shape index (κ1) is 12.8. The Kier molecular flexibility index (Phi) is 4.05. The third kappa shape index (κ3) is 3.68. The van der Waals surface area contributed by atoms with Crippen LogP contribution in [0.2, 0.25) is 0 Å². The van der Waals surface area contributed by atoms with Gasteiger partial charge in [-0.25, -0.2) is 0 Å². The van der Waals surface area contributed by atoms with E-state index in [1.807, 2.05) is 0 Å². The van der Waals surface area contributed by atoms with Crippen molar-refractivity contribution < 1.29 is 9.53 Å². The fourth-order valence-corrected chi connectivity index (χ4v) is 2.75. The van der Waals surface area contributed by atoms with Crippen LogP contribution in [0.4, 0.5) is 0 Å². The number of carbonyl (C=O) groups is 1. The van der Waals surface area contributed by atoms with Gasteiger partial charge < -0.3 is 15.4 Å². The van der Waals surface area contributed by atoms with Crippen LogP contribution < -0.4 is 10.6 Å². The third-order valence-corrected chi connectivity index (χ3v) is 3.71. The molecule has 0 spiro atoms. The van der Waals surface area contributed by atoms with Crippen molar-refractivity contribution in [1.82, 2.24) is 10.6 Å². The van der Waals surface area contributed by atoms with Gasteiger partial charge in [0, 0.05) is 19.2 Å². The summed E-state index contributed by atoms with van der Waals surface area (Å²) in [4.78, 5) is 12.1.